The van der Waals surface area contributed by atoms with Crippen LogP contribution in [0, 0.1) is 0 Å². The highest BCUT2D eigenvalue weighted by Crippen LogP contribution is 2.20. The fourth-order valence-corrected chi connectivity index (χ4v) is 3.50. The Morgan fingerprint density at radius 3 is 2.16 bits per heavy atom. The number of rotatable bonds is 7. The molecule has 2 aromatic rings. The number of anilines is 1. The molecule has 0 atom stereocenters. The van der Waals surface area contributed by atoms with E-state index in [2.05, 4.69) is 4.72 Å². The van der Waals surface area contributed by atoms with Crippen LogP contribution in [0.1, 0.15) is 17.3 Å². The average molecular weight is 379 g/mol. The van der Waals surface area contributed by atoms with Crippen molar-refractivity contribution in [1.29, 1.82) is 0 Å². The third kappa shape index (κ3) is 5.33. The molecule has 6 nitrogen and oxygen atoms in total. The van der Waals surface area contributed by atoms with E-state index in [4.69, 9.17) is 4.74 Å². The largest absolute Gasteiger partial charge is 0.497 e. The minimum absolute atomic E-state index is 0.0333. The highest BCUT2D eigenvalue weighted by molar-refractivity contribution is 8.14. The minimum atomic E-state index is -3.76. The van der Waals surface area contributed by atoms with E-state index in [-0.39, 0.29) is 21.5 Å². The second kappa shape index (κ2) is 8.17. The molecule has 0 fully saturated rings. The number of carbonyl (C=O) groups is 2. The van der Waals surface area contributed by atoms with Gasteiger partial charge >= 0.3 is 0 Å². The predicted molar refractivity (Wildman–Crippen MR) is 97.7 cm³/mol. The van der Waals surface area contributed by atoms with Crippen molar-refractivity contribution in [3.63, 3.8) is 0 Å². The van der Waals surface area contributed by atoms with E-state index in [0.717, 1.165) is 11.8 Å². The summed E-state index contributed by atoms with van der Waals surface area (Å²) in [6.07, 6.45) is 0. The summed E-state index contributed by atoms with van der Waals surface area (Å²) in [5.74, 6) is 0.424. The number of sulfonamides is 1. The first-order chi connectivity index (χ1) is 11.8. The van der Waals surface area contributed by atoms with Crippen LogP contribution in [0.3, 0.4) is 0 Å². The van der Waals surface area contributed by atoms with E-state index in [0.29, 0.717) is 17.0 Å². The van der Waals surface area contributed by atoms with Crippen molar-refractivity contribution in [2.45, 2.75) is 11.8 Å². The Bertz CT molecular complexity index is 859. The van der Waals surface area contributed by atoms with E-state index in [1.54, 1.807) is 24.3 Å². The lowest BCUT2D eigenvalue weighted by molar-refractivity contribution is -0.109. The quantitative estimate of drug-likeness (QED) is 0.744. The summed E-state index contributed by atoms with van der Waals surface area (Å²) in [5, 5.41) is -0.142. The van der Waals surface area contributed by atoms with Crippen molar-refractivity contribution in [3.05, 3.63) is 54.1 Å². The zero-order valence-corrected chi connectivity index (χ0v) is 15.3. The van der Waals surface area contributed by atoms with E-state index >= 15 is 0 Å². The Balaban J connectivity index is 2.11. The van der Waals surface area contributed by atoms with Gasteiger partial charge in [-0.25, -0.2) is 8.42 Å². The molecule has 0 aliphatic heterocycles. The van der Waals surface area contributed by atoms with Gasteiger partial charge in [-0.1, -0.05) is 23.9 Å². The van der Waals surface area contributed by atoms with E-state index in [9.17, 15) is 18.0 Å². The number of hydrogen-bond donors (Lipinski definition) is 1. The van der Waals surface area contributed by atoms with Crippen LogP contribution in [-0.2, 0) is 14.8 Å². The molecular weight excluding hydrogens is 362 g/mol. The van der Waals surface area contributed by atoms with Crippen LogP contribution in [-0.4, -0.2) is 32.2 Å². The van der Waals surface area contributed by atoms with Crippen molar-refractivity contribution < 1.29 is 22.7 Å². The zero-order valence-electron chi connectivity index (χ0n) is 13.7. The van der Waals surface area contributed by atoms with Gasteiger partial charge in [-0.2, -0.15) is 0 Å². The first-order valence-corrected chi connectivity index (χ1v) is 9.72. The summed E-state index contributed by atoms with van der Waals surface area (Å²) < 4.78 is 32.2. The fraction of sp³-hybridized carbons (Fsp3) is 0.176. The van der Waals surface area contributed by atoms with Crippen LogP contribution in [0.4, 0.5) is 5.69 Å². The zero-order chi connectivity index (χ0) is 18.4. The molecule has 0 radical (unpaired) electrons. The molecule has 2 rings (SSSR count). The molecule has 2 aromatic carbocycles. The number of nitrogens with one attached hydrogen (secondary N) is 1. The molecule has 0 unspecified atom stereocenters. The lowest BCUT2D eigenvalue weighted by Crippen LogP contribution is -2.13. The van der Waals surface area contributed by atoms with Gasteiger partial charge in [-0.05, 0) is 36.4 Å². The Morgan fingerprint density at radius 2 is 1.64 bits per heavy atom. The lowest BCUT2D eigenvalue weighted by atomic mass is 10.1. The van der Waals surface area contributed by atoms with Gasteiger partial charge in [-0.15, -0.1) is 0 Å². The summed E-state index contributed by atoms with van der Waals surface area (Å²) in [7, 11) is -2.24. The van der Waals surface area contributed by atoms with Crippen molar-refractivity contribution in [2.75, 3.05) is 17.6 Å². The van der Waals surface area contributed by atoms with E-state index in [1.165, 1.54) is 38.3 Å². The number of ketones is 1. The first-order valence-electron chi connectivity index (χ1n) is 7.25. The average Bonchev–Trinajstić information content (AvgIpc) is 2.60. The molecule has 0 amide bonds. The van der Waals surface area contributed by atoms with Gasteiger partial charge in [0.1, 0.15) is 5.75 Å². The number of Topliss-reactive ketones (excluding diaryl/α,β-unsaturated/α-hetero) is 1. The van der Waals surface area contributed by atoms with Crippen molar-refractivity contribution in [1.82, 2.24) is 0 Å². The number of carbonyl (C=O) groups excluding carboxylic acids is 2. The van der Waals surface area contributed by atoms with Crippen molar-refractivity contribution in [3.8, 4) is 5.75 Å². The summed E-state index contributed by atoms with van der Waals surface area (Å²) in [5.41, 5.74) is 0.760. The molecule has 8 heteroatoms. The Kier molecular flexibility index (Phi) is 6.22. The highest BCUT2D eigenvalue weighted by atomic mass is 32.2. The monoisotopic (exact) mass is 379 g/mol. The van der Waals surface area contributed by atoms with Crippen LogP contribution >= 0.6 is 11.8 Å². The van der Waals surface area contributed by atoms with Crippen molar-refractivity contribution >= 4 is 38.4 Å². The molecule has 0 spiro atoms. The van der Waals surface area contributed by atoms with E-state index in [1.807, 2.05) is 0 Å². The Morgan fingerprint density at radius 1 is 1.04 bits per heavy atom. The topological polar surface area (TPSA) is 89.5 Å². The van der Waals surface area contributed by atoms with Crippen LogP contribution in [0.5, 0.6) is 5.75 Å². The Labute approximate surface area is 150 Å². The number of hydrogen-bond acceptors (Lipinski definition) is 6. The fourth-order valence-electron chi connectivity index (χ4n) is 1.94. The number of thioether (sulfide) groups is 1. The van der Waals surface area contributed by atoms with E-state index < -0.39 is 10.0 Å². The van der Waals surface area contributed by atoms with Crippen LogP contribution < -0.4 is 9.46 Å². The van der Waals surface area contributed by atoms with Crippen LogP contribution in [0.2, 0.25) is 0 Å². The molecule has 1 N–H and O–H groups in total. The molecule has 0 heterocycles. The molecule has 0 aliphatic carbocycles. The van der Waals surface area contributed by atoms with Gasteiger partial charge in [0.2, 0.25) is 0 Å². The summed E-state index contributed by atoms with van der Waals surface area (Å²) in [6.45, 7) is 1.39. The SMILES string of the molecule is COc1ccc(NS(=O)(=O)c2ccc(C(=O)CSC(C)=O)cc2)cc1. The molecule has 0 saturated heterocycles. The van der Waals surface area contributed by atoms with Crippen molar-refractivity contribution in [2.24, 2.45) is 0 Å². The smallest absolute Gasteiger partial charge is 0.261 e. The number of ether oxygens (including phenoxy) is 1. The lowest BCUT2D eigenvalue weighted by Gasteiger charge is -2.09. The van der Waals surface area contributed by atoms with Gasteiger partial charge in [0, 0.05) is 18.2 Å². The third-order valence-corrected chi connectivity index (χ3v) is 5.45. The standard InChI is InChI=1S/C17H17NO5S2/c1-12(19)24-11-17(20)13-3-9-16(10-4-13)25(21,22)18-14-5-7-15(23-2)8-6-14/h3-10,18H,11H2,1-2H3. The molecule has 0 saturated carbocycles. The Hall–Kier alpha value is -2.32. The second-order valence-electron chi connectivity index (χ2n) is 5.06. The molecule has 0 bridgehead atoms. The summed E-state index contributed by atoms with van der Waals surface area (Å²) >= 11 is 0.919. The van der Waals surface area contributed by atoms with Gasteiger partial charge in [0.25, 0.3) is 10.0 Å². The molecule has 132 valence electrons. The van der Waals surface area contributed by atoms with Gasteiger partial charge in [0.05, 0.1) is 17.8 Å². The molecular formula is C17H17NO5S2. The number of benzene rings is 2. The molecule has 25 heavy (non-hydrogen) atoms. The second-order valence-corrected chi connectivity index (χ2v) is 7.90. The predicted octanol–water partition coefficient (Wildman–Crippen LogP) is 2.96. The highest BCUT2D eigenvalue weighted by Gasteiger charge is 2.15. The minimum Gasteiger partial charge on any atom is -0.497 e. The number of methoxy groups -OCH3 is 1. The summed E-state index contributed by atoms with van der Waals surface area (Å²) in [4.78, 5) is 22.8. The normalized spacial score (nSPS) is 11.0. The maximum atomic E-state index is 12.4. The van der Waals surface area contributed by atoms with Gasteiger partial charge in [0.15, 0.2) is 10.9 Å². The molecule has 0 aromatic heterocycles. The van der Waals surface area contributed by atoms with Crippen LogP contribution in [0.25, 0.3) is 0 Å². The molecule has 0 aliphatic rings. The van der Waals surface area contributed by atoms with Gasteiger partial charge < -0.3 is 4.74 Å². The summed E-state index contributed by atoms with van der Waals surface area (Å²) in [6, 6.07) is 12.1. The van der Waals surface area contributed by atoms with Crippen LogP contribution in [0.15, 0.2) is 53.4 Å². The third-order valence-electron chi connectivity index (χ3n) is 3.24. The maximum absolute atomic E-state index is 12.4. The first kappa shape index (κ1) is 19.0. The maximum Gasteiger partial charge on any atom is 0.261 e. The van der Waals surface area contributed by atoms with Gasteiger partial charge in [-0.3, -0.25) is 14.3 Å².